The van der Waals surface area contributed by atoms with Crippen molar-refractivity contribution in [3.63, 3.8) is 0 Å². The van der Waals surface area contributed by atoms with Crippen LogP contribution in [-0.4, -0.2) is 15.2 Å². The Labute approximate surface area is 79.3 Å². The molecule has 0 fully saturated rings. The van der Waals surface area contributed by atoms with Crippen molar-refractivity contribution in [2.24, 2.45) is 0 Å². The SMILES string of the molecule is Brc1cnc2cn[nH]c2c1.CC. The first-order valence-corrected chi connectivity index (χ1v) is 4.60. The summed E-state index contributed by atoms with van der Waals surface area (Å²) in [5.74, 6) is 0. The quantitative estimate of drug-likeness (QED) is 0.753. The number of nitrogens with zero attached hydrogens (tertiary/aromatic N) is 2. The van der Waals surface area contributed by atoms with E-state index in [1.54, 1.807) is 12.4 Å². The van der Waals surface area contributed by atoms with Gasteiger partial charge in [0, 0.05) is 10.7 Å². The maximum Gasteiger partial charge on any atom is 0.108 e. The number of hydrogen-bond donors (Lipinski definition) is 1. The summed E-state index contributed by atoms with van der Waals surface area (Å²) in [6.45, 7) is 4.00. The van der Waals surface area contributed by atoms with Gasteiger partial charge in [0.2, 0.25) is 0 Å². The second-order valence-corrected chi connectivity index (χ2v) is 2.87. The molecule has 0 saturated heterocycles. The van der Waals surface area contributed by atoms with Crippen molar-refractivity contribution in [1.82, 2.24) is 15.2 Å². The van der Waals surface area contributed by atoms with Gasteiger partial charge in [-0.05, 0) is 22.0 Å². The largest absolute Gasteiger partial charge is 0.276 e. The van der Waals surface area contributed by atoms with Crippen LogP contribution in [-0.2, 0) is 0 Å². The molecule has 0 atom stereocenters. The molecule has 0 radical (unpaired) electrons. The van der Waals surface area contributed by atoms with Gasteiger partial charge in [0.15, 0.2) is 0 Å². The van der Waals surface area contributed by atoms with Gasteiger partial charge in [-0.2, -0.15) is 5.10 Å². The van der Waals surface area contributed by atoms with Crippen LogP contribution in [0.4, 0.5) is 0 Å². The van der Waals surface area contributed by atoms with E-state index in [1.807, 2.05) is 19.9 Å². The second kappa shape index (κ2) is 4.21. The Morgan fingerprint density at radius 2 is 2.08 bits per heavy atom. The molecule has 2 aromatic heterocycles. The molecule has 1 N–H and O–H groups in total. The van der Waals surface area contributed by atoms with Gasteiger partial charge in [0.05, 0.1) is 11.7 Å². The molecule has 2 aromatic rings. The first-order chi connectivity index (χ1) is 5.86. The third-order valence-electron chi connectivity index (χ3n) is 1.26. The number of fused-ring (bicyclic) bond motifs is 1. The maximum absolute atomic E-state index is 4.10. The highest BCUT2D eigenvalue weighted by Gasteiger charge is 1.94. The molecule has 0 amide bonds. The lowest BCUT2D eigenvalue weighted by Gasteiger charge is -1.86. The number of aromatic amines is 1. The normalized spacial score (nSPS) is 9.25. The van der Waals surface area contributed by atoms with E-state index in [0.717, 1.165) is 15.5 Å². The summed E-state index contributed by atoms with van der Waals surface area (Å²) in [6.07, 6.45) is 3.44. The molecule has 3 nitrogen and oxygen atoms in total. The molecule has 0 saturated carbocycles. The third-order valence-corrected chi connectivity index (χ3v) is 1.69. The number of H-pyrrole nitrogens is 1. The van der Waals surface area contributed by atoms with Crippen LogP contribution in [0.25, 0.3) is 11.0 Å². The van der Waals surface area contributed by atoms with Crippen LogP contribution < -0.4 is 0 Å². The van der Waals surface area contributed by atoms with Crippen molar-refractivity contribution >= 4 is 27.0 Å². The molecular formula is C8H10BrN3. The Morgan fingerprint density at radius 3 is 2.83 bits per heavy atom. The highest BCUT2D eigenvalue weighted by atomic mass is 79.9. The molecule has 0 spiro atoms. The zero-order chi connectivity index (χ0) is 8.97. The van der Waals surface area contributed by atoms with Crippen molar-refractivity contribution in [2.75, 3.05) is 0 Å². The lowest BCUT2D eigenvalue weighted by Crippen LogP contribution is -1.72. The predicted molar refractivity (Wildman–Crippen MR) is 52.9 cm³/mol. The van der Waals surface area contributed by atoms with Gasteiger partial charge < -0.3 is 0 Å². The monoisotopic (exact) mass is 227 g/mol. The minimum absolute atomic E-state index is 0.892. The van der Waals surface area contributed by atoms with Crippen LogP contribution in [0.1, 0.15) is 13.8 Å². The summed E-state index contributed by atoms with van der Waals surface area (Å²) in [5.41, 5.74) is 1.84. The van der Waals surface area contributed by atoms with E-state index < -0.39 is 0 Å². The van der Waals surface area contributed by atoms with Crippen molar-refractivity contribution in [1.29, 1.82) is 0 Å². The summed E-state index contributed by atoms with van der Waals surface area (Å²) >= 11 is 3.31. The molecule has 0 unspecified atom stereocenters. The Bertz CT molecular complexity index is 356. The zero-order valence-corrected chi connectivity index (χ0v) is 8.59. The minimum atomic E-state index is 0.892. The van der Waals surface area contributed by atoms with Crippen molar-refractivity contribution < 1.29 is 0 Å². The Morgan fingerprint density at radius 1 is 1.33 bits per heavy atom. The van der Waals surface area contributed by atoms with Crippen LogP contribution in [0, 0.1) is 0 Å². The van der Waals surface area contributed by atoms with Crippen molar-refractivity contribution in [3.8, 4) is 0 Å². The van der Waals surface area contributed by atoms with Crippen LogP contribution >= 0.6 is 15.9 Å². The van der Waals surface area contributed by atoms with Gasteiger partial charge in [0.25, 0.3) is 0 Å². The number of halogens is 1. The van der Waals surface area contributed by atoms with Gasteiger partial charge >= 0.3 is 0 Å². The van der Waals surface area contributed by atoms with E-state index in [2.05, 4.69) is 31.1 Å². The highest BCUT2D eigenvalue weighted by Crippen LogP contribution is 2.13. The average molecular weight is 228 g/mol. The van der Waals surface area contributed by atoms with Gasteiger partial charge in [-0.25, -0.2) is 0 Å². The van der Waals surface area contributed by atoms with Crippen molar-refractivity contribution in [3.05, 3.63) is 22.9 Å². The van der Waals surface area contributed by atoms with E-state index in [-0.39, 0.29) is 0 Å². The van der Waals surface area contributed by atoms with Crippen LogP contribution in [0.15, 0.2) is 22.9 Å². The smallest absolute Gasteiger partial charge is 0.108 e. The first kappa shape index (κ1) is 9.19. The molecule has 0 aliphatic rings. The molecule has 4 heteroatoms. The lowest BCUT2D eigenvalue weighted by molar-refractivity contribution is 1.12. The fourth-order valence-electron chi connectivity index (χ4n) is 0.805. The summed E-state index contributed by atoms with van der Waals surface area (Å²) in [6, 6.07) is 1.94. The van der Waals surface area contributed by atoms with Gasteiger partial charge in [0.1, 0.15) is 5.52 Å². The molecule has 64 valence electrons. The number of nitrogens with one attached hydrogen (secondary N) is 1. The molecular weight excluding hydrogens is 218 g/mol. The number of pyridine rings is 1. The molecule has 0 aromatic carbocycles. The van der Waals surface area contributed by atoms with Gasteiger partial charge in [-0.15, -0.1) is 0 Å². The highest BCUT2D eigenvalue weighted by molar-refractivity contribution is 9.10. The first-order valence-electron chi connectivity index (χ1n) is 3.81. The molecule has 2 heterocycles. The number of rotatable bonds is 0. The van der Waals surface area contributed by atoms with Crippen LogP contribution in [0.5, 0.6) is 0 Å². The lowest BCUT2D eigenvalue weighted by atomic mass is 10.4. The van der Waals surface area contributed by atoms with Crippen LogP contribution in [0.3, 0.4) is 0 Å². The molecule has 0 bridgehead atoms. The van der Waals surface area contributed by atoms with Gasteiger partial charge in [-0.3, -0.25) is 10.1 Å². The molecule has 0 aliphatic heterocycles. The Kier molecular flexibility index (Phi) is 3.22. The Balaban J connectivity index is 0.000000336. The summed E-state index contributed by atoms with van der Waals surface area (Å²) in [5, 5.41) is 6.65. The molecule has 0 aliphatic carbocycles. The Hall–Kier alpha value is -0.900. The molecule has 12 heavy (non-hydrogen) atoms. The van der Waals surface area contributed by atoms with E-state index in [4.69, 9.17) is 0 Å². The summed E-state index contributed by atoms with van der Waals surface area (Å²) in [4.78, 5) is 4.10. The number of hydrogen-bond acceptors (Lipinski definition) is 2. The number of aromatic nitrogens is 3. The zero-order valence-electron chi connectivity index (χ0n) is 7.00. The second-order valence-electron chi connectivity index (χ2n) is 1.96. The molecule has 2 rings (SSSR count). The fourth-order valence-corrected chi connectivity index (χ4v) is 1.14. The van der Waals surface area contributed by atoms with Gasteiger partial charge in [-0.1, -0.05) is 13.8 Å². The van der Waals surface area contributed by atoms with Crippen molar-refractivity contribution in [2.45, 2.75) is 13.8 Å². The fraction of sp³-hybridized carbons (Fsp3) is 0.250. The average Bonchev–Trinajstić information content (AvgIpc) is 2.54. The maximum atomic E-state index is 4.10. The topological polar surface area (TPSA) is 41.6 Å². The predicted octanol–water partition coefficient (Wildman–Crippen LogP) is 2.75. The summed E-state index contributed by atoms with van der Waals surface area (Å²) in [7, 11) is 0. The third kappa shape index (κ3) is 1.82. The van der Waals surface area contributed by atoms with E-state index in [9.17, 15) is 0 Å². The summed E-state index contributed by atoms with van der Waals surface area (Å²) < 4.78 is 0.962. The standard InChI is InChI=1S/C6H4BrN3.C2H6/c7-4-1-5-6(8-2-4)3-9-10-5;1-2/h1-3H,(H,9,10);1-2H3. The van der Waals surface area contributed by atoms with E-state index >= 15 is 0 Å². The van der Waals surface area contributed by atoms with Crippen LogP contribution in [0.2, 0.25) is 0 Å². The minimum Gasteiger partial charge on any atom is -0.276 e. The van der Waals surface area contributed by atoms with E-state index in [1.165, 1.54) is 0 Å². The van der Waals surface area contributed by atoms with E-state index in [0.29, 0.717) is 0 Å².